The van der Waals surface area contributed by atoms with Crippen LogP contribution < -0.4 is 10.6 Å². The summed E-state index contributed by atoms with van der Waals surface area (Å²) in [6.45, 7) is 7.48. The molecule has 1 aliphatic heterocycles. The van der Waals surface area contributed by atoms with Gasteiger partial charge in [0.05, 0.1) is 12.6 Å². The Balaban J connectivity index is 0.00000450. The lowest BCUT2D eigenvalue weighted by Crippen LogP contribution is -2.39. The predicted molar refractivity (Wildman–Crippen MR) is 131 cm³/mol. The summed E-state index contributed by atoms with van der Waals surface area (Å²) < 4.78 is 24.8. The number of benzene rings is 1. The third-order valence-corrected chi connectivity index (χ3v) is 5.08. The van der Waals surface area contributed by atoms with Crippen molar-refractivity contribution < 1.29 is 13.9 Å². The normalized spacial score (nSPS) is 16.2. The fourth-order valence-corrected chi connectivity index (χ4v) is 3.34. The third kappa shape index (κ3) is 10.4. The maximum absolute atomic E-state index is 13.6. The highest BCUT2D eigenvalue weighted by atomic mass is 127. The Bertz CT molecular complexity index is 613. The third-order valence-electron chi connectivity index (χ3n) is 5.08. The Hall–Kier alpha value is -0.970. The first-order valence-electron chi connectivity index (χ1n) is 10.7. The summed E-state index contributed by atoms with van der Waals surface area (Å²) in [7, 11) is 3.97. The first-order valence-corrected chi connectivity index (χ1v) is 10.7. The predicted octanol–water partition coefficient (Wildman–Crippen LogP) is 3.43. The Labute approximate surface area is 198 Å². The highest BCUT2D eigenvalue weighted by Gasteiger charge is 2.15. The average Bonchev–Trinajstić information content (AvgIpc) is 2.71. The molecule has 0 aliphatic carbocycles. The molecule has 1 aromatic carbocycles. The standard InChI is InChI=1S/C22H37FN4O2.HI/c1-4-24-22(25-11-6-12-29-17-18-9-13-28-14-10-18)26-16-21(27(2)3)19-7-5-8-20(23)15-19;/h5,7-8,15,18,21H,4,6,9-14,16-17H2,1-3H3,(H2,24,25,26);1H. The molecule has 0 saturated carbocycles. The molecular formula is C22H38FIN4O2. The van der Waals surface area contributed by atoms with Gasteiger partial charge < -0.3 is 25.0 Å². The second-order valence-corrected chi connectivity index (χ2v) is 7.67. The lowest BCUT2D eigenvalue weighted by molar-refractivity contribution is 0.0203. The molecule has 0 spiro atoms. The van der Waals surface area contributed by atoms with E-state index in [0.29, 0.717) is 12.5 Å². The van der Waals surface area contributed by atoms with Crippen LogP contribution in [0.5, 0.6) is 0 Å². The van der Waals surface area contributed by atoms with Crippen molar-refractivity contribution >= 4 is 29.9 Å². The zero-order valence-corrected chi connectivity index (χ0v) is 20.9. The van der Waals surface area contributed by atoms with Crippen LogP contribution in [0.1, 0.15) is 37.8 Å². The molecular weight excluding hydrogens is 498 g/mol. The number of guanidine groups is 1. The molecule has 0 aromatic heterocycles. The summed E-state index contributed by atoms with van der Waals surface area (Å²) in [5.74, 6) is 1.20. The van der Waals surface area contributed by atoms with Crippen LogP contribution in [-0.2, 0) is 9.47 Å². The minimum atomic E-state index is -0.218. The first kappa shape index (κ1) is 27.1. The quantitative estimate of drug-likeness (QED) is 0.197. The van der Waals surface area contributed by atoms with Crippen molar-refractivity contribution in [1.29, 1.82) is 0 Å². The fourth-order valence-electron chi connectivity index (χ4n) is 3.34. The van der Waals surface area contributed by atoms with E-state index in [1.54, 1.807) is 12.1 Å². The average molecular weight is 536 g/mol. The topological polar surface area (TPSA) is 58.1 Å². The van der Waals surface area contributed by atoms with E-state index in [4.69, 9.17) is 14.5 Å². The lowest BCUT2D eigenvalue weighted by atomic mass is 10.0. The van der Waals surface area contributed by atoms with E-state index >= 15 is 0 Å². The van der Waals surface area contributed by atoms with Crippen LogP contribution in [0, 0.1) is 11.7 Å². The molecule has 0 radical (unpaired) electrons. The minimum absolute atomic E-state index is 0. The number of halogens is 2. The number of rotatable bonds is 11. The smallest absolute Gasteiger partial charge is 0.191 e. The molecule has 2 rings (SSSR count). The number of nitrogens with zero attached hydrogens (tertiary/aromatic N) is 2. The zero-order valence-electron chi connectivity index (χ0n) is 18.5. The molecule has 0 bridgehead atoms. The van der Waals surface area contributed by atoms with E-state index in [0.717, 1.165) is 70.3 Å². The molecule has 0 amide bonds. The van der Waals surface area contributed by atoms with Gasteiger partial charge in [-0.25, -0.2) is 4.39 Å². The molecule has 1 aliphatic rings. The van der Waals surface area contributed by atoms with E-state index in [1.165, 1.54) is 6.07 Å². The van der Waals surface area contributed by atoms with Crippen molar-refractivity contribution in [3.05, 3.63) is 35.6 Å². The van der Waals surface area contributed by atoms with Gasteiger partial charge in [-0.15, -0.1) is 24.0 Å². The van der Waals surface area contributed by atoms with Crippen LogP contribution in [0.2, 0.25) is 0 Å². The Morgan fingerprint density at radius 3 is 2.73 bits per heavy atom. The number of nitrogens with one attached hydrogen (secondary N) is 2. The minimum Gasteiger partial charge on any atom is -0.381 e. The zero-order chi connectivity index (χ0) is 20.9. The van der Waals surface area contributed by atoms with Gasteiger partial charge >= 0.3 is 0 Å². The molecule has 1 unspecified atom stereocenters. The van der Waals surface area contributed by atoms with Crippen molar-refractivity contribution in [3.8, 4) is 0 Å². The molecule has 172 valence electrons. The summed E-state index contributed by atoms with van der Waals surface area (Å²) in [5, 5.41) is 6.64. The molecule has 1 aromatic rings. The highest BCUT2D eigenvalue weighted by Crippen LogP contribution is 2.19. The van der Waals surface area contributed by atoms with Crippen LogP contribution >= 0.6 is 24.0 Å². The summed E-state index contributed by atoms with van der Waals surface area (Å²) >= 11 is 0. The Kier molecular flexibility index (Phi) is 14.2. The fraction of sp³-hybridized carbons (Fsp3) is 0.682. The van der Waals surface area contributed by atoms with Crippen molar-refractivity contribution in [2.24, 2.45) is 10.9 Å². The monoisotopic (exact) mass is 536 g/mol. The molecule has 6 nitrogen and oxygen atoms in total. The largest absolute Gasteiger partial charge is 0.381 e. The summed E-state index contributed by atoms with van der Waals surface area (Å²) in [6, 6.07) is 6.75. The van der Waals surface area contributed by atoms with Crippen LogP contribution in [0.3, 0.4) is 0 Å². The van der Waals surface area contributed by atoms with E-state index < -0.39 is 0 Å². The van der Waals surface area contributed by atoms with Crippen molar-refractivity contribution in [1.82, 2.24) is 15.5 Å². The molecule has 1 heterocycles. The van der Waals surface area contributed by atoms with Gasteiger partial charge in [-0.2, -0.15) is 0 Å². The van der Waals surface area contributed by atoms with Crippen LogP contribution in [-0.4, -0.2) is 71.0 Å². The van der Waals surface area contributed by atoms with Crippen molar-refractivity contribution in [2.75, 3.05) is 60.2 Å². The van der Waals surface area contributed by atoms with Gasteiger partial charge in [0.2, 0.25) is 0 Å². The lowest BCUT2D eigenvalue weighted by Gasteiger charge is -2.24. The van der Waals surface area contributed by atoms with Gasteiger partial charge in [0.15, 0.2) is 5.96 Å². The van der Waals surface area contributed by atoms with Gasteiger partial charge in [0, 0.05) is 39.5 Å². The second kappa shape index (κ2) is 15.8. The summed E-state index contributed by atoms with van der Waals surface area (Å²) in [5.41, 5.74) is 0.927. The number of ether oxygens (including phenoxy) is 2. The van der Waals surface area contributed by atoms with Crippen LogP contribution in [0.4, 0.5) is 4.39 Å². The maximum Gasteiger partial charge on any atom is 0.191 e. The highest BCUT2D eigenvalue weighted by molar-refractivity contribution is 14.0. The Morgan fingerprint density at radius 2 is 2.07 bits per heavy atom. The maximum atomic E-state index is 13.6. The van der Waals surface area contributed by atoms with E-state index in [-0.39, 0.29) is 35.8 Å². The van der Waals surface area contributed by atoms with Crippen molar-refractivity contribution in [3.63, 3.8) is 0 Å². The first-order chi connectivity index (χ1) is 14.1. The summed E-state index contributed by atoms with van der Waals surface area (Å²) in [6.07, 6.45) is 3.14. The van der Waals surface area contributed by atoms with Gasteiger partial charge in [-0.1, -0.05) is 12.1 Å². The van der Waals surface area contributed by atoms with Gasteiger partial charge in [-0.05, 0) is 63.9 Å². The molecule has 30 heavy (non-hydrogen) atoms. The van der Waals surface area contributed by atoms with Gasteiger partial charge in [-0.3, -0.25) is 4.99 Å². The van der Waals surface area contributed by atoms with Crippen LogP contribution in [0.15, 0.2) is 29.3 Å². The molecule has 8 heteroatoms. The van der Waals surface area contributed by atoms with Gasteiger partial charge in [0.1, 0.15) is 5.82 Å². The summed E-state index contributed by atoms with van der Waals surface area (Å²) in [4.78, 5) is 6.77. The van der Waals surface area contributed by atoms with Gasteiger partial charge in [0.25, 0.3) is 0 Å². The molecule has 1 saturated heterocycles. The SMILES string of the molecule is CCNC(=NCC(c1cccc(F)c1)N(C)C)NCCCOCC1CCOCC1.I. The van der Waals surface area contributed by atoms with Crippen LogP contribution in [0.25, 0.3) is 0 Å². The number of hydrogen-bond acceptors (Lipinski definition) is 4. The molecule has 1 fully saturated rings. The molecule has 1 atom stereocenters. The number of hydrogen-bond donors (Lipinski definition) is 2. The van der Waals surface area contributed by atoms with E-state index in [9.17, 15) is 4.39 Å². The number of likely N-dealkylation sites (N-methyl/N-ethyl adjacent to an activating group) is 1. The Morgan fingerprint density at radius 1 is 1.30 bits per heavy atom. The molecule has 2 N–H and O–H groups in total. The van der Waals surface area contributed by atoms with E-state index in [2.05, 4.69) is 15.5 Å². The van der Waals surface area contributed by atoms with Crippen molar-refractivity contribution in [2.45, 2.75) is 32.2 Å². The number of aliphatic imine (C=N–C) groups is 1. The second-order valence-electron chi connectivity index (χ2n) is 7.67. The van der Waals surface area contributed by atoms with E-state index in [1.807, 2.05) is 27.1 Å².